The molecule has 0 aliphatic carbocycles. The van der Waals surface area contributed by atoms with E-state index in [0.717, 1.165) is 12.8 Å². The van der Waals surface area contributed by atoms with E-state index in [2.05, 4.69) is 137 Å². The van der Waals surface area contributed by atoms with Crippen LogP contribution in [0.15, 0.2) is 109 Å². The molecule has 244 valence electrons. The van der Waals surface area contributed by atoms with Crippen LogP contribution in [0.1, 0.15) is 107 Å². The molecule has 0 spiro atoms. The van der Waals surface area contributed by atoms with Crippen molar-refractivity contribution in [3.63, 3.8) is 0 Å². The maximum Gasteiger partial charge on any atom is -0.0149 e. The van der Waals surface area contributed by atoms with Gasteiger partial charge >= 0.3 is 0 Å². The molecule has 0 aromatic heterocycles. The Bertz CT molecular complexity index is 1630. The average Bonchev–Trinajstić information content (AvgIpc) is 3.12. The van der Waals surface area contributed by atoms with Gasteiger partial charge in [0.25, 0.3) is 0 Å². The molecule has 0 fully saturated rings. The molecule has 0 heteroatoms. The molecule has 0 aliphatic heterocycles. The smallest absolute Gasteiger partial charge is 0.0149 e. The van der Waals surface area contributed by atoms with E-state index in [1.165, 1.54) is 137 Å². The third-order valence-electron chi connectivity index (χ3n) is 9.81. The Balaban J connectivity index is 1.49. The van der Waals surface area contributed by atoms with Gasteiger partial charge in [0.1, 0.15) is 0 Å². The highest BCUT2D eigenvalue weighted by Gasteiger charge is 2.14. The maximum absolute atomic E-state index is 2.56. The number of hydrogen-bond donors (Lipinski definition) is 0. The third-order valence-corrected chi connectivity index (χ3v) is 9.81. The third kappa shape index (κ3) is 9.57. The Morgan fingerprint density at radius 3 is 1.11 bits per heavy atom. The summed E-state index contributed by atoms with van der Waals surface area (Å²) in [6.07, 6.45) is 16.1. The Morgan fingerprint density at radius 1 is 0.340 bits per heavy atom. The van der Waals surface area contributed by atoms with Crippen LogP contribution in [0.4, 0.5) is 0 Å². The minimum absolute atomic E-state index is 1.13. The Labute approximate surface area is 286 Å². The van der Waals surface area contributed by atoms with Crippen LogP contribution in [-0.2, 0) is 19.3 Å². The molecule has 0 heterocycles. The van der Waals surface area contributed by atoms with E-state index in [9.17, 15) is 0 Å². The van der Waals surface area contributed by atoms with Gasteiger partial charge in [-0.1, -0.05) is 180 Å². The summed E-state index contributed by atoms with van der Waals surface area (Å²) in [6.45, 7) is 9.02. The highest BCUT2D eigenvalue weighted by molar-refractivity contribution is 5.79. The topological polar surface area (TPSA) is 0 Å². The standard InChI is InChI=1S/C47H56/c1-5-8-11-13-16-44-35-47(43-32-28-41(29-33-43)39-24-20-37(21-25-39)15-10-7-3)45(17-14-12-9-6-2)34-46(44)42-30-26-40(27-31-42)38-22-18-36(4)19-23-38/h18-35H,5-17H2,1-4H3. The van der Waals surface area contributed by atoms with Crippen molar-refractivity contribution >= 4 is 0 Å². The van der Waals surface area contributed by atoms with Crippen LogP contribution in [0.2, 0.25) is 0 Å². The van der Waals surface area contributed by atoms with Crippen LogP contribution in [0.5, 0.6) is 0 Å². The molecule has 0 radical (unpaired) electrons. The number of unbranched alkanes of at least 4 members (excludes halogenated alkanes) is 7. The summed E-state index contributed by atoms with van der Waals surface area (Å²) >= 11 is 0. The first kappa shape index (κ1) is 34.4. The number of hydrogen-bond acceptors (Lipinski definition) is 0. The molecule has 0 amide bonds. The summed E-state index contributed by atoms with van der Waals surface area (Å²) < 4.78 is 0. The second-order valence-electron chi connectivity index (χ2n) is 13.6. The molecule has 0 saturated carbocycles. The van der Waals surface area contributed by atoms with E-state index in [1.807, 2.05) is 0 Å². The second kappa shape index (κ2) is 17.9. The van der Waals surface area contributed by atoms with E-state index in [0.29, 0.717) is 0 Å². The van der Waals surface area contributed by atoms with Gasteiger partial charge in [-0.3, -0.25) is 0 Å². The molecule has 5 aromatic rings. The minimum Gasteiger partial charge on any atom is -0.0654 e. The van der Waals surface area contributed by atoms with Gasteiger partial charge in [0.2, 0.25) is 0 Å². The zero-order valence-electron chi connectivity index (χ0n) is 29.6. The van der Waals surface area contributed by atoms with Crippen LogP contribution in [0, 0.1) is 6.92 Å². The molecule has 0 saturated heterocycles. The first-order valence-electron chi connectivity index (χ1n) is 18.6. The zero-order chi connectivity index (χ0) is 32.8. The lowest BCUT2D eigenvalue weighted by molar-refractivity contribution is 0.664. The van der Waals surface area contributed by atoms with Crippen molar-refractivity contribution in [1.82, 2.24) is 0 Å². The summed E-state index contributed by atoms with van der Waals surface area (Å²) in [6, 6.07) is 41.9. The monoisotopic (exact) mass is 620 g/mol. The van der Waals surface area contributed by atoms with Gasteiger partial charge in [-0.25, -0.2) is 0 Å². The molecule has 5 rings (SSSR count). The SMILES string of the molecule is CCCCCCc1cc(-c2ccc(-c3ccc(CCCC)cc3)cc2)c(CCCCCC)cc1-c1ccc(-c2ccc(C)cc2)cc1. The van der Waals surface area contributed by atoms with Crippen molar-refractivity contribution in [2.45, 2.75) is 111 Å². The maximum atomic E-state index is 2.56. The van der Waals surface area contributed by atoms with E-state index in [4.69, 9.17) is 0 Å². The predicted molar refractivity (Wildman–Crippen MR) is 207 cm³/mol. The van der Waals surface area contributed by atoms with Crippen LogP contribution in [0.25, 0.3) is 44.5 Å². The van der Waals surface area contributed by atoms with Gasteiger partial charge in [-0.2, -0.15) is 0 Å². The van der Waals surface area contributed by atoms with Crippen molar-refractivity contribution in [3.05, 3.63) is 131 Å². The molecule has 0 aliphatic rings. The second-order valence-corrected chi connectivity index (χ2v) is 13.6. The summed E-state index contributed by atoms with van der Waals surface area (Å²) in [7, 11) is 0. The Morgan fingerprint density at radius 2 is 0.702 bits per heavy atom. The highest BCUT2D eigenvalue weighted by Crippen LogP contribution is 2.36. The normalized spacial score (nSPS) is 11.2. The molecule has 0 N–H and O–H groups in total. The van der Waals surface area contributed by atoms with Crippen LogP contribution < -0.4 is 0 Å². The first-order valence-corrected chi connectivity index (χ1v) is 18.6. The highest BCUT2D eigenvalue weighted by atomic mass is 14.2. The summed E-state index contributed by atoms with van der Waals surface area (Å²) in [5, 5.41) is 0. The zero-order valence-corrected chi connectivity index (χ0v) is 29.6. The van der Waals surface area contributed by atoms with Gasteiger partial charge < -0.3 is 0 Å². The largest absolute Gasteiger partial charge is 0.0654 e. The van der Waals surface area contributed by atoms with Gasteiger partial charge in [0.15, 0.2) is 0 Å². The van der Waals surface area contributed by atoms with Gasteiger partial charge in [-0.15, -0.1) is 0 Å². The van der Waals surface area contributed by atoms with Crippen LogP contribution in [-0.4, -0.2) is 0 Å². The Kier molecular flexibility index (Phi) is 13.1. The summed E-state index contributed by atoms with van der Waals surface area (Å²) in [5.41, 5.74) is 16.4. The fourth-order valence-electron chi connectivity index (χ4n) is 6.80. The van der Waals surface area contributed by atoms with E-state index in [1.54, 1.807) is 0 Å². The molecular formula is C47H56. The van der Waals surface area contributed by atoms with E-state index in [-0.39, 0.29) is 0 Å². The van der Waals surface area contributed by atoms with Crippen molar-refractivity contribution in [1.29, 1.82) is 0 Å². The van der Waals surface area contributed by atoms with Gasteiger partial charge in [-0.05, 0) is 107 Å². The lowest BCUT2D eigenvalue weighted by atomic mass is 9.86. The summed E-state index contributed by atoms with van der Waals surface area (Å²) in [4.78, 5) is 0. The van der Waals surface area contributed by atoms with E-state index < -0.39 is 0 Å². The number of benzene rings is 5. The van der Waals surface area contributed by atoms with Crippen molar-refractivity contribution in [2.24, 2.45) is 0 Å². The van der Waals surface area contributed by atoms with Crippen LogP contribution >= 0.6 is 0 Å². The number of rotatable bonds is 17. The first-order chi connectivity index (χ1) is 23.1. The molecular weight excluding hydrogens is 565 g/mol. The van der Waals surface area contributed by atoms with Crippen molar-refractivity contribution in [3.8, 4) is 44.5 Å². The molecule has 47 heavy (non-hydrogen) atoms. The summed E-state index contributed by atoms with van der Waals surface area (Å²) in [5.74, 6) is 0. The molecule has 5 aromatic carbocycles. The van der Waals surface area contributed by atoms with Crippen molar-refractivity contribution < 1.29 is 0 Å². The fraction of sp³-hybridized carbons (Fsp3) is 0.362. The number of aryl methyl sites for hydroxylation is 4. The van der Waals surface area contributed by atoms with Gasteiger partial charge in [0, 0.05) is 0 Å². The lowest BCUT2D eigenvalue weighted by Gasteiger charge is -2.18. The van der Waals surface area contributed by atoms with Gasteiger partial charge in [0.05, 0.1) is 0 Å². The molecule has 0 nitrogen and oxygen atoms in total. The Hall–Kier alpha value is -3.90. The minimum atomic E-state index is 1.13. The lowest BCUT2D eigenvalue weighted by Crippen LogP contribution is -1.99. The van der Waals surface area contributed by atoms with Crippen LogP contribution in [0.3, 0.4) is 0 Å². The quantitative estimate of drug-likeness (QED) is 0.0907. The average molecular weight is 621 g/mol. The van der Waals surface area contributed by atoms with Crippen molar-refractivity contribution in [2.75, 3.05) is 0 Å². The van der Waals surface area contributed by atoms with E-state index >= 15 is 0 Å². The predicted octanol–water partition coefficient (Wildman–Crippen LogP) is 14.3. The fourth-order valence-corrected chi connectivity index (χ4v) is 6.80. The molecule has 0 bridgehead atoms. The molecule has 0 atom stereocenters. The molecule has 0 unspecified atom stereocenters.